The summed E-state index contributed by atoms with van der Waals surface area (Å²) < 4.78 is 23.8. The van der Waals surface area contributed by atoms with Gasteiger partial charge in [-0.15, -0.1) is 0 Å². The molecule has 1 saturated heterocycles. The quantitative estimate of drug-likeness (QED) is 0.839. The van der Waals surface area contributed by atoms with E-state index in [1.807, 2.05) is 0 Å². The number of sulfone groups is 1. The summed E-state index contributed by atoms with van der Waals surface area (Å²) in [6.45, 7) is 0.983. The minimum absolute atomic E-state index is 0.0740. The van der Waals surface area contributed by atoms with Gasteiger partial charge in [0, 0.05) is 31.8 Å². The molecule has 1 amide bonds. The number of amides is 1. The highest BCUT2D eigenvalue weighted by Gasteiger charge is 2.37. The molecule has 1 aliphatic heterocycles. The van der Waals surface area contributed by atoms with Crippen LogP contribution in [-0.2, 0) is 14.6 Å². The first-order valence-corrected chi connectivity index (χ1v) is 9.53. The minimum Gasteiger partial charge on any atom is -0.341 e. The third-order valence-corrected chi connectivity index (χ3v) is 6.34. The van der Waals surface area contributed by atoms with Gasteiger partial charge in [-0.25, -0.2) is 8.42 Å². The van der Waals surface area contributed by atoms with Crippen LogP contribution in [0.25, 0.3) is 0 Å². The molecule has 0 aromatic rings. The first-order valence-electron chi connectivity index (χ1n) is 7.57. The molecular formula is C14H26N2O3S. The molecule has 2 rings (SSSR count). The van der Waals surface area contributed by atoms with E-state index in [1.54, 1.807) is 11.9 Å². The summed E-state index contributed by atoms with van der Waals surface area (Å²) in [6, 6.07) is 0.123. The molecule has 1 aliphatic carbocycles. The number of carbonyl (C=O) groups excluding carboxylic acids is 1. The predicted octanol–water partition coefficient (Wildman–Crippen LogP) is 0.943. The van der Waals surface area contributed by atoms with E-state index in [-0.39, 0.29) is 23.2 Å². The monoisotopic (exact) mass is 302 g/mol. The Kier molecular flexibility index (Phi) is 5.07. The summed E-state index contributed by atoms with van der Waals surface area (Å²) in [4.78, 5) is 14.1. The molecule has 0 bridgehead atoms. The molecule has 1 saturated carbocycles. The van der Waals surface area contributed by atoms with Crippen molar-refractivity contribution >= 4 is 15.7 Å². The summed E-state index contributed by atoms with van der Waals surface area (Å²) >= 11 is 0. The first kappa shape index (κ1) is 15.8. The van der Waals surface area contributed by atoms with Crippen molar-refractivity contribution < 1.29 is 13.2 Å². The maximum absolute atomic E-state index is 12.4. The van der Waals surface area contributed by atoms with E-state index in [2.05, 4.69) is 5.32 Å². The molecule has 116 valence electrons. The van der Waals surface area contributed by atoms with Crippen molar-refractivity contribution in [2.45, 2.75) is 62.3 Å². The van der Waals surface area contributed by atoms with Gasteiger partial charge in [0.15, 0.2) is 9.84 Å². The molecule has 2 aliphatic rings. The fraction of sp³-hybridized carbons (Fsp3) is 0.929. The number of hydrogen-bond acceptors (Lipinski definition) is 4. The van der Waals surface area contributed by atoms with Gasteiger partial charge in [-0.2, -0.15) is 0 Å². The molecular weight excluding hydrogens is 276 g/mol. The Labute approximate surface area is 122 Å². The van der Waals surface area contributed by atoms with Crippen LogP contribution >= 0.6 is 0 Å². The number of nitrogens with one attached hydrogen (secondary N) is 1. The van der Waals surface area contributed by atoms with E-state index in [1.165, 1.54) is 6.26 Å². The molecule has 0 spiro atoms. The third-order valence-electron chi connectivity index (χ3n) is 4.69. The Hall–Kier alpha value is -0.620. The lowest BCUT2D eigenvalue weighted by Gasteiger charge is -2.37. The molecule has 0 aromatic carbocycles. The van der Waals surface area contributed by atoms with Gasteiger partial charge in [0.1, 0.15) is 0 Å². The zero-order chi connectivity index (χ0) is 14.8. The average Bonchev–Trinajstić information content (AvgIpc) is 2.89. The van der Waals surface area contributed by atoms with Crippen LogP contribution in [0.1, 0.15) is 44.9 Å². The smallest absolute Gasteiger partial charge is 0.224 e. The molecule has 2 fully saturated rings. The van der Waals surface area contributed by atoms with Crippen molar-refractivity contribution in [2.75, 3.05) is 19.8 Å². The van der Waals surface area contributed by atoms with Crippen LogP contribution in [0.5, 0.6) is 0 Å². The summed E-state index contributed by atoms with van der Waals surface area (Å²) in [5, 5.41) is 2.93. The van der Waals surface area contributed by atoms with Crippen LogP contribution in [0.15, 0.2) is 0 Å². The van der Waals surface area contributed by atoms with E-state index < -0.39 is 9.84 Å². The maximum Gasteiger partial charge on any atom is 0.224 e. The average molecular weight is 302 g/mol. The van der Waals surface area contributed by atoms with E-state index in [4.69, 9.17) is 0 Å². The van der Waals surface area contributed by atoms with Crippen molar-refractivity contribution in [1.82, 2.24) is 10.2 Å². The van der Waals surface area contributed by atoms with Crippen molar-refractivity contribution in [3.63, 3.8) is 0 Å². The van der Waals surface area contributed by atoms with E-state index in [9.17, 15) is 13.2 Å². The van der Waals surface area contributed by atoms with Gasteiger partial charge in [-0.3, -0.25) is 4.79 Å². The van der Waals surface area contributed by atoms with Crippen molar-refractivity contribution in [1.29, 1.82) is 0 Å². The third kappa shape index (κ3) is 3.73. The SMILES string of the molecule is CN(C(=O)CC1CCCN1)C1CCCCC1S(C)(=O)=O. The summed E-state index contributed by atoms with van der Waals surface area (Å²) in [5.41, 5.74) is 0. The summed E-state index contributed by atoms with van der Waals surface area (Å²) in [6.07, 6.45) is 7.39. The van der Waals surface area contributed by atoms with Gasteiger partial charge in [0.25, 0.3) is 0 Å². The fourth-order valence-corrected chi connectivity index (χ4v) is 4.97. The Bertz CT molecular complexity index is 443. The Morgan fingerprint density at radius 2 is 1.90 bits per heavy atom. The zero-order valence-electron chi connectivity index (χ0n) is 12.5. The van der Waals surface area contributed by atoms with Crippen LogP contribution in [0.3, 0.4) is 0 Å². The summed E-state index contributed by atoms with van der Waals surface area (Å²) in [5.74, 6) is 0.0740. The lowest BCUT2D eigenvalue weighted by molar-refractivity contribution is -0.132. The molecule has 0 radical (unpaired) electrons. The molecule has 1 N–H and O–H groups in total. The highest BCUT2D eigenvalue weighted by molar-refractivity contribution is 7.91. The summed E-state index contributed by atoms with van der Waals surface area (Å²) in [7, 11) is -1.32. The molecule has 3 atom stereocenters. The van der Waals surface area contributed by atoms with Gasteiger partial charge in [-0.1, -0.05) is 12.8 Å². The van der Waals surface area contributed by atoms with Crippen molar-refractivity contribution in [3.05, 3.63) is 0 Å². The van der Waals surface area contributed by atoms with E-state index in [0.717, 1.165) is 38.6 Å². The van der Waals surface area contributed by atoms with Crippen LogP contribution in [0.4, 0.5) is 0 Å². The van der Waals surface area contributed by atoms with Gasteiger partial charge in [-0.05, 0) is 32.2 Å². The Balaban J connectivity index is 2.01. The second kappa shape index (κ2) is 6.43. The van der Waals surface area contributed by atoms with E-state index in [0.29, 0.717) is 12.8 Å². The van der Waals surface area contributed by atoms with Crippen LogP contribution < -0.4 is 5.32 Å². The largest absolute Gasteiger partial charge is 0.341 e. The van der Waals surface area contributed by atoms with Gasteiger partial charge >= 0.3 is 0 Å². The first-order chi connectivity index (χ1) is 9.39. The van der Waals surface area contributed by atoms with Crippen molar-refractivity contribution in [3.8, 4) is 0 Å². The van der Waals surface area contributed by atoms with Crippen LogP contribution in [0.2, 0.25) is 0 Å². The highest BCUT2D eigenvalue weighted by Crippen LogP contribution is 2.28. The second-order valence-corrected chi connectivity index (χ2v) is 8.49. The van der Waals surface area contributed by atoms with Gasteiger partial charge in [0.05, 0.1) is 5.25 Å². The van der Waals surface area contributed by atoms with Crippen LogP contribution in [-0.4, -0.2) is 56.4 Å². The molecule has 20 heavy (non-hydrogen) atoms. The lowest BCUT2D eigenvalue weighted by atomic mass is 9.93. The Morgan fingerprint density at radius 3 is 2.50 bits per heavy atom. The number of rotatable bonds is 4. The standard InChI is InChI=1S/C14H26N2O3S/c1-16(14(17)10-11-6-5-9-15-11)12-7-3-4-8-13(12)20(2,18)19/h11-13,15H,3-10H2,1-2H3. The second-order valence-electron chi connectivity index (χ2n) is 6.22. The van der Waals surface area contributed by atoms with Crippen LogP contribution in [0, 0.1) is 0 Å². The molecule has 0 aromatic heterocycles. The number of carbonyl (C=O) groups is 1. The molecule has 6 heteroatoms. The Morgan fingerprint density at radius 1 is 1.20 bits per heavy atom. The highest BCUT2D eigenvalue weighted by atomic mass is 32.2. The van der Waals surface area contributed by atoms with Gasteiger partial charge in [0.2, 0.25) is 5.91 Å². The minimum atomic E-state index is -3.09. The maximum atomic E-state index is 12.4. The number of hydrogen-bond donors (Lipinski definition) is 1. The fourth-order valence-electron chi connectivity index (χ4n) is 3.49. The number of nitrogens with zero attached hydrogens (tertiary/aromatic N) is 1. The van der Waals surface area contributed by atoms with Gasteiger partial charge < -0.3 is 10.2 Å². The molecule has 5 nitrogen and oxygen atoms in total. The zero-order valence-corrected chi connectivity index (χ0v) is 13.3. The topological polar surface area (TPSA) is 66.5 Å². The predicted molar refractivity (Wildman–Crippen MR) is 79.3 cm³/mol. The molecule has 3 unspecified atom stereocenters. The van der Waals surface area contributed by atoms with E-state index >= 15 is 0 Å². The van der Waals surface area contributed by atoms with Crippen molar-refractivity contribution in [2.24, 2.45) is 0 Å². The lowest BCUT2D eigenvalue weighted by Crippen LogP contribution is -2.50. The normalized spacial score (nSPS) is 31.2. The molecule has 1 heterocycles.